The molecule has 0 radical (unpaired) electrons. The van der Waals surface area contributed by atoms with Crippen LogP contribution < -0.4 is 0 Å². The Kier molecular flexibility index (Phi) is 2.06. The van der Waals surface area contributed by atoms with Crippen LogP contribution in [0, 0.1) is 10.1 Å². The van der Waals surface area contributed by atoms with Crippen LogP contribution in [-0.4, -0.2) is 23.9 Å². The van der Waals surface area contributed by atoms with Crippen LogP contribution in [0.1, 0.15) is 13.3 Å². The third-order valence-electron chi connectivity index (χ3n) is 1.51. The zero-order valence-electron chi connectivity index (χ0n) is 5.65. The van der Waals surface area contributed by atoms with Gasteiger partial charge >= 0.3 is 0 Å². The molecule has 0 N–H and O–H groups in total. The standard InChI is InChI=1S/C5H9NO4/c1-4(10-6(7)8)5-2-3-9-5/h4-5H,2-3H2,1H3. The van der Waals surface area contributed by atoms with Gasteiger partial charge in [0.1, 0.15) is 6.10 Å². The number of hydrogen-bond acceptors (Lipinski definition) is 4. The molecular weight excluding hydrogens is 138 g/mol. The number of nitrogens with zero attached hydrogens (tertiary/aromatic N) is 1. The monoisotopic (exact) mass is 147 g/mol. The molecule has 0 aromatic carbocycles. The zero-order valence-corrected chi connectivity index (χ0v) is 5.65. The first-order valence-corrected chi connectivity index (χ1v) is 3.13. The van der Waals surface area contributed by atoms with Gasteiger partial charge in [-0.05, 0) is 13.3 Å². The summed E-state index contributed by atoms with van der Waals surface area (Å²) in [5.74, 6) is 0. The van der Waals surface area contributed by atoms with Crippen LogP contribution in [0.25, 0.3) is 0 Å². The summed E-state index contributed by atoms with van der Waals surface area (Å²) in [6, 6.07) is 0. The summed E-state index contributed by atoms with van der Waals surface area (Å²) in [4.78, 5) is 14.0. The summed E-state index contributed by atoms with van der Waals surface area (Å²) in [5.41, 5.74) is 0. The van der Waals surface area contributed by atoms with Crippen LogP contribution in [0.3, 0.4) is 0 Å². The van der Waals surface area contributed by atoms with E-state index in [-0.39, 0.29) is 6.10 Å². The Balaban J connectivity index is 2.19. The SMILES string of the molecule is CC(O[N+](=O)[O-])C1CCO1. The normalized spacial score (nSPS) is 26.7. The highest BCUT2D eigenvalue weighted by Gasteiger charge is 2.27. The van der Waals surface area contributed by atoms with Crippen molar-refractivity contribution >= 4 is 0 Å². The Bertz CT molecular complexity index is 134. The van der Waals surface area contributed by atoms with Crippen molar-refractivity contribution in [2.75, 3.05) is 6.61 Å². The van der Waals surface area contributed by atoms with Gasteiger partial charge in [0.2, 0.25) is 0 Å². The molecule has 0 aromatic rings. The molecule has 0 bridgehead atoms. The lowest BCUT2D eigenvalue weighted by molar-refractivity contribution is -0.770. The van der Waals surface area contributed by atoms with Crippen molar-refractivity contribution in [2.45, 2.75) is 25.6 Å². The second-order valence-electron chi connectivity index (χ2n) is 2.23. The van der Waals surface area contributed by atoms with E-state index in [4.69, 9.17) is 4.74 Å². The summed E-state index contributed by atoms with van der Waals surface area (Å²) < 4.78 is 4.96. The second-order valence-corrected chi connectivity index (χ2v) is 2.23. The van der Waals surface area contributed by atoms with E-state index in [1.165, 1.54) is 0 Å². The lowest BCUT2D eigenvalue weighted by Gasteiger charge is -2.30. The second kappa shape index (κ2) is 2.83. The van der Waals surface area contributed by atoms with Gasteiger partial charge in [0.05, 0.1) is 6.10 Å². The summed E-state index contributed by atoms with van der Waals surface area (Å²) >= 11 is 0. The van der Waals surface area contributed by atoms with Crippen LogP contribution in [-0.2, 0) is 9.57 Å². The fourth-order valence-corrected chi connectivity index (χ4v) is 0.828. The minimum absolute atomic E-state index is 0.0783. The molecule has 1 rings (SSSR count). The molecule has 58 valence electrons. The highest BCUT2D eigenvalue weighted by molar-refractivity contribution is 4.71. The predicted molar refractivity (Wildman–Crippen MR) is 31.9 cm³/mol. The van der Waals surface area contributed by atoms with Gasteiger partial charge in [0.25, 0.3) is 5.09 Å². The molecule has 0 aliphatic carbocycles. The van der Waals surface area contributed by atoms with Crippen LogP contribution in [0.15, 0.2) is 0 Å². The Hall–Kier alpha value is -0.840. The Morgan fingerprint density at radius 1 is 1.90 bits per heavy atom. The van der Waals surface area contributed by atoms with Crippen molar-refractivity contribution in [3.8, 4) is 0 Å². The molecule has 1 fully saturated rings. The highest BCUT2D eigenvalue weighted by Crippen LogP contribution is 2.16. The molecule has 0 spiro atoms. The Morgan fingerprint density at radius 2 is 2.50 bits per heavy atom. The van der Waals surface area contributed by atoms with E-state index in [0.29, 0.717) is 6.61 Å². The first-order chi connectivity index (χ1) is 4.70. The molecule has 0 aromatic heterocycles. The number of hydrogen-bond donors (Lipinski definition) is 0. The van der Waals surface area contributed by atoms with Crippen molar-refractivity contribution in [1.82, 2.24) is 0 Å². The van der Waals surface area contributed by atoms with Crippen molar-refractivity contribution in [3.05, 3.63) is 10.1 Å². The van der Waals surface area contributed by atoms with Crippen LogP contribution in [0.4, 0.5) is 0 Å². The molecule has 5 nitrogen and oxygen atoms in total. The van der Waals surface area contributed by atoms with E-state index in [9.17, 15) is 10.1 Å². The smallest absolute Gasteiger partial charge is 0.294 e. The number of rotatable bonds is 3. The maximum atomic E-state index is 9.78. The maximum Gasteiger partial charge on any atom is 0.294 e. The van der Waals surface area contributed by atoms with Gasteiger partial charge in [-0.3, -0.25) is 0 Å². The quantitative estimate of drug-likeness (QED) is 0.427. The van der Waals surface area contributed by atoms with Gasteiger partial charge in [0, 0.05) is 6.61 Å². The summed E-state index contributed by atoms with van der Waals surface area (Å²) in [6.07, 6.45) is 0.351. The van der Waals surface area contributed by atoms with Gasteiger partial charge in [-0.2, -0.15) is 0 Å². The molecule has 2 atom stereocenters. The Labute approximate surface area is 58.0 Å². The highest BCUT2D eigenvalue weighted by atomic mass is 17.0. The molecule has 1 heterocycles. The van der Waals surface area contributed by atoms with E-state index >= 15 is 0 Å². The molecule has 2 unspecified atom stereocenters. The molecule has 1 aliphatic heterocycles. The van der Waals surface area contributed by atoms with E-state index < -0.39 is 11.2 Å². The summed E-state index contributed by atoms with van der Waals surface area (Å²) in [6.45, 7) is 2.32. The minimum atomic E-state index is -0.785. The average molecular weight is 147 g/mol. The molecule has 5 heteroatoms. The van der Waals surface area contributed by atoms with Crippen molar-refractivity contribution in [2.24, 2.45) is 0 Å². The van der Waals surface area contributed by atoms with Gasteiger partial charge < -0.3 is 9.57 Å². The largest absolute Gasteiger partial charge is 0.376 e. The topological polar surface area (TPSA) is 61.6 Å². The molecule has 1 saturated heterocycles. The average Bonchev–Trinajstić information content (AvgIpc) is 1.55. The molecular formula is C5H9NO4. The van der Waals surface area contributed by atoms with Gasteiger partial charge in [-0.1, -0.05) is 0 Å². The van der Waals surface area contributed by atoms with Crippen LogP contribution in [0.5, 0.6) is 0 Å². The van der Waals surface area contributed by atoms with Crippen LogP contribution >= 0.6 is 0 Å². The third kappa shape index (κ3) is 1.57. The summed E-state index contributed by atoms with van der Waals surface area (Å²) in [7, 11) is 0. The minimum Gasteiger partial charge on any atom is -0.376 e. The van der Waals surface area contributed by atoms with E-state index in [2.05, 4.69) is 4.84 Å². The van der Waals surface area contributed by atoms with E-state index in [1.807, 2.05) is 0 Å². The molecule has 1 aliphatic rings. The predicted octanol–water partition coefficient (Wildman–Crippen LogP) is 0.372. The lowest BCUT2D eigenvalue weighted by atomic mass is 10.1. The molecule has 0 saturated carbocycles. The maximum absolute atomic E-state index is 9.78. The van der Waals surface area contributed by atoms with Crippen molar-refractivity contribution in [3.63, 3.8) is 0 Å². The fraction of sp³-hybridized carbons (Fsp3) is 1.00. The molecule has 10 heavy (non-hydrogen) atoms. The number of ether oxygens (including phenoxy) is 1. The molecule has 0 amide bonds. The van der Waals surface area contributed by atoms with Gasteiger partial charge in [-0.15, -0.1) is 10.1 Å². The van der Waals surface area contributed by atoms with Gasteiger partial charge in [-0.25, -0.2) is 0 Å². The van der Waals surface area contributed by atoms with Crippen LogP contribution in [0.2, 0.25) is 0 Å². The third-order valence-corrected chi connectivity index (χ3v) is 1.51. The first-order valence-electron chi connectivity index (χ1n) is 3.13. The first kappa shape index (κ1) is 7.27. The van der Waals surface area contributed by atoms with Crippen molar-refractivity contribution < 1.29 is 14.7 Å². The van der Waals surface area contributed by atoms with E-state index in [0.717, 1.165) is 6.42 Å². The lowest BCUT2D eigenvalue weighted by Crippen LogP contribution is -2.39. The van der Waals surface area contributed by atoms with Gasteiger partial charge in [0.15, 0.2) is 0 Å². The van der Waals surface area contributed by atoms with Crippen molar-refractivity contribution in [1.29, 1.82) is 0 Å². The summed E-state index contributed by atoms with van der Waals surface area (Å²) in [5, 5.41) is 9.00. The fourth-order valence-electron chi connectivity index (χ4n) is 0.828. The van der Waals surface area contributed by atoms with E-state index in [1.54, 1.807) is 6.92 Å². The Morgan fingerprint density at radius 3 is 2.80 bits per heavy atom. The zero-order chi connectivity index (χ0) is 7.56.